The van der Waals surface area contributed by atoms with Crippen molar-refractivity contribution >= 4 is 12.1 Å². The van der Waals surface area contributed by atoms with Crippen molar-refractivity contribution in [2.75, 3.05) is 19.6 Å². The molecule has 2 N–H and O–H groups in total. The van der Waals surface area contributed by atoms with Crippen molar-refractivity contribution in [2.24, 2.45) is 0 Å². The molecule has 0 saturated carbocycles. The third-order valence-electron chi connectivity index (χ3n) is 5.98. The van der Waals surface area contributed by atoms with Gasteiger partial charge in [-0.3, -0.25) is 4.68 Å². The zero-order chi connectivity index (χ0) is 23.6. The van der Waals surface area contributed by atoms with E-state index in [-0.39, 0.29) is 36.3 Å². The number of carbonyl (C=O) groups excluding carboxylic acids is 1. The van der Waals surface area contributed by atoms with E-state index in [0.29, 0.717) is 38.0 Å². The van der Waals surface area contributed by atoms with E-state index in [1.54, 1.807) is 34.1 Å². The second-order valence-corrected chi connectivity index (χ2v) is 8.25. The van der Waals surface area contributed by atoms with Gasteiger partial charge in [0, 0.05) is 37.9 Å². The average Bonchev–Trinajstić information content (AvgIpc) is 3.48. The highest BCUT2D eigenvalue weighted by atomic mass is 19.4. The van der Waals surface area contributed by atoms with Gasteiger partial charge in [0.2, 0.25) is 0 Å². The van der Waals surface area contributed by atoms with Crippen LogP contribution in [-0.2, 0) is 6.54 Å². The highest BCUT2D eigenvalue weighted by Crippen LogP contribution is 2.31. The van der Waals surface area contributed by atoms with Crippen LogP contribution in [0.5, 0.6) is 5.75 Å². The molecule has 0 aliphatic carbocycles. The molecule has 0 radical (unpaired) electrons. The van der Waals surface area contributed by atoms with Crippen LogP contribution in [0.1, 0.15) is 24.3 Å². The summed E-state index contributed by atoms with van der Waals surface area (Å²) in [4.78, 5) is 27.3. The number of nitrogens with zero attached hydrogens (tertiary/aromatic N) is 4. The molecule has 3 amide bonds. The number of benzene rings is 1. The number of likely N-dealkylation sites (tertiary alicyclic amines) is 2. The molecular weight excluding hydrogens is 443 g/mol. The first kappa shape index (κ1) is 22.7. The number of urea groups is 1. The molecule has 2 fully saturated rings. The third-order valence-corrected chi connectivity index (χ3v) is 5.98. The van der Waals surface area contributed by atoms with Gasteiger partial charge in [0.05, 0.1) is 18.6 Å². The molecule has 2 aromatic rings. The smallest absolute Gasteiger partial charge is 0.465 e. The number of alkyl halides is 3. The van der Waals surface area contributed by atoms with Crippen LogP contribution in [0.25, 0.3) is 0 Å². The second-order valence-electron chi connectivity index (χ2n) is 8.25. The minimum Gasteiger partial charge on any atom is -0.465 e. The van der Waals surface area contributed by atoms with Gasteiger partial charge in [-0.15, -0.1) is 13.2 Å². The van der Waals surface area contributed by atoms with Crippen molar-refractivity contribution < 1.29 is 32.6 Å². The molecule has 2 aliphatic heterocycles. The fraction of sp³-hybridized carbons (Fsp3) is 0.476. The van der Waals surface area contributed by atoms with Gasteiger partial charge in [0.1, 0.15) is 5.75 Å². The molecule has 3 heterocycles. The number of nitrogens with one attached hydrogen (secondary N) is 1. The van der Waals surface area contributed by atoms with E-state index in [0.717, 1.165) is 0 Å². The molecule has 178 valence electrons. The summed E-state index contributed by atoms with van der Waals surface area (Å²) in [5.41, 5.74) is 0.671. The molecule has 2 saturated heterocycles. The predicted octanol–water partition coefficient (Wildman–Crippen LogP) is 3.10. The Morgan fingerprint density at radius 1 is 1.24 bits per heavy atom. The summed E-state index contributed by atoms with van der Waals surface area (Å²) in [6.07, 6.45) is -1.37. The van der Waals surface area contributed by atoms with E-state index in [1.807, 2.05) is 0 Å². The maximum atomic E-state index is 12.8. The summed E-state index contributed by atoms with van der Waals surface area (Å²) < 4.78 is 43.1. The number of hydrogen-bond acceptors (Lipinski definition) is 4. The molecule has 1 aromatic carbocycles. The van der Waals surface area contributed by atoms with Gasteiger partial charge in [-0.2, -0.15) is 5.10 Å². The minimum absolute atomic E-state index is 0.112. The normalized spacial score (nSPS) is 23.1. The van der Waals surface area contributed by atoms with Crippen LogP contribution in [-0.4, -0.2) is 74.9 Å². The number of amides is 3. The van der Waals surface area contributed by atoms with Crippen LogP contribution in [0.3, 0.4) is 0 Å². The van der Waals surface area contributed by atoms with E-state index >= 15 is 0 Å². The van der Waals surface area contributed by atoms with Crippen molar-refractivity contribution in [3.05, 3.63) is 48.3 Å². The zero-order valence-corrected chi connectivity index (χ0v) is 17.6. The Morgan fingerprint density at radius 3 is 2.76 bits per heavy atom. The lowest BCUT2D eigenvalue weighted by Gasteiger charge is -2.21. The van der Waals surface area contributed by atoms with E-state index in [1.165, 1.54) is 23.1 Å². The first-order chi connectivity index (χ1) is 15.7. The largest absolute Gasteiger partial charge is 0.573 e. The maximum Gasteiger partial charge on any atom is 0.573 e. The topological polar surface area (TPSA) is 99.9 Å². The zero-order valence-electron chi connectivity index (χ0n) is 17.6. The quantitative estimate of drug-likeness (QED) is 0.704. The lowest BCUT2D eigenvalue weighted by Crippen LogP contribution is -2.45. The summed E-state index contributed by atoms with van der Waals surface area (Å²) in [5, 5.41) is 16.5. The van der Waals surface area contributed by atoms with E-state index in [2.05, 4.69) is 15.2 Å². The van der Waals surface area contributed by atoms with Crippen molar-refractivity contribution in [1.29, 1.82) is 0 Å². The Bertz CT molecular complexity index is 985. The Labute approximate surface area is 187 Å². The highest BCUT2D eigenvalue weighted by molar-refractivity contribution is 5.75. The summed E-state index contributed by atoms with van der Waals surface area (Å²) in [7, 11) is 0. The fourth-order valence-electron chi connectivity index (χ4n) is 4.50. The first-order valence-corrected chi connectivity index (χ1v) is 10.6. The fourth-order valence-corrected chi connectivity index (χ4v) is 4.50. The molecule has 9 nitrogen and oxygen atoms in total. The molecule has 4 rings (SSSR count). The predicted molar refractivity (Wildman–Crippen MR) is 110 cm³/mol. The van der Waals surface area contributed by atoms with Crippen LogP contribution in [0, 0.1) is 0 Å². The standard InChI is InChI=1S/C21H24F3N5O4/c22-21(23,24)33-18-4-1-3-14(9-18)15-5-8-27(11-15)19(30)26-16-10-17(29(12-16)20(31)32)13-28-7-2-6-25-28/h1-4,6-7,9,15-17H,5,8,10-13H2,(H,26,30)(H,31,32)/t15?,16-,17+/m1/s1. The number of halogens is 3. The Kier molecular flexibility index (Phi) is 6.34. The number of carboxylic acid groups (broad SMARTS) is 1. The second kappa shape index (κ2) is 9.20. The lowest BCUT2D eigenvalue weighted by molar-refractivity contribution is -0.274. The maximum absolute atomic E-state index is 12.8. The van der Waals surface area contributed by atoms with Gasteiger partial charge < -0.3 is 25.0 Å². The van der Waals surface area contributed by atoms with Crippen molar-refractivity contribution in [2.45, 2.75) is 43.8 Å². The van der Waals surface area contributed by atoms with Crippen LogP contribution in [0.4, 0.5) is 22.8 Å². The van der Waals surface area contributed by atoms with Gasteiger partial charge in [-0.05, 0) is 36.6 Å². The van der Waals surface area contributed by atoms with Crippen molar-refractivity contribution in [1.82, 2.24) is 24.9 Å². The summed E-state index contributed by atoms with van der Waals surface area (Å²) >= 11 is 0. The van der Waals surface area contributed by atoms with Crippen LogP contribution in [0.2, 0.25) is 0 Å². The number of carbonyl (C=O) groups is 2. The summed E-state index contributed by atoms with van der Waals surface area (Å²) in [5.74, 6) is -0.398. The van der Waals surface area contributed by atoms with Crippen LogP contribution < -0.4 is 10.1 Å². The Morgan fingerprint density at radius 2 is 2.06 bits per heavy atom. The van der Waals surface area contributed by atoms with Crippen LogP contribution >= 0.6 is 0 Å². The monoisotopic (exact) mass is 467 g/mol. The molecule has 3 atom stereocenters. The van der Waals surface area contributed by atoms with Crippen LogP contribution in [0.15, 0.2) is 42.7 Å². The van der Waals surface area contributed by atoms with Gasteiger partial charge in [0.15, 0.2) is 0 Å². The molecule has 0 spiro atoms. The van der Waals surface area contributed by atoms with E-state index in [9.17, 15) is 27.9 Å². The SMILES string of the molecule is O=C(N[C@@H]1C[C@@H](Cn2cccn2)N(C(=O)O)C1)N1CCC(c2cccc(OC(F)(F)F)c2)C1. The van der Waals surface area contributed by atoms with Gasteiger partial charge in [-0.1, -0.05) is 12.1 Å². The lowest BCUT2D eigenvalue weighted by atomic mass is 9.98. The number of aromatic nitrogens is 2. The third kappa shape index (κ3) is 5.68. The van der Waals surface area contributed by atoms with E-state index < -0.39 is 12.5 Å². The van der Waals surface area contributed by atoms with E-state index in [4.69, 9.17) is 0 Å². The molecule has 1 unspecified atom stereocenters. The minimum atomic E-state index is -4.76. The molecule has 12 heteroatoms. The Hall–Kier alpha value is -3.44. The molecule has 1 aromatic heterocycles. The van der Waals surface area contributed by atoms with Gasteiger partial charge in [-0.25, -0.2) is 9.59 Å². The summed E-state index contributed by atoms with van der Waals surface area (Å²) in [6.45, 7) is 1.38. The molecule has 2 aliphatic rings. The number of rotatable bonds is 5. The average molecular weight is 467 g/mol. The number of hydrogen-bond donors (Lipinski definition) is 2. The number of ether oxygens (including phenoxy) is 1. The highest BCUT2D eigenvalue weighted by Gasteiger charge is 2.38. The molecular formula is C21H24F3N5O4. The first-order valence-electron chi connectivity index (χ1n) is 10.6. The molecule has 0 bridgehead atoms. The van der Waals surface area contributed by atoms with Crippen molar-refractivity contribution in [3.8, 4) is 5.75 Å². The Balaban J connectivity index is 1.33. The van der Waals surface area contributed by atoms with Gasteiger partial charge >= 0.3 is 18.5 Å². The van der Waals surface area contributed by atoms with Gasteiger partial charge in [0.25, 0.3) is 0 Å². The molecule has 33 heavy (non-hydrogen) atoms. The summed E-state index contributed by atoms with van der Waals surface area (Å²) in [6, 6.07) is 6.61. The van der Waals surface area contributed by atoms with Crippen molar-refractivity contribution in [3.63, 3.8) is 0 Å².